The smallest absolute Gasteiger partial charge is 0.240 e. The van der Waals surface area contributed by atoms with E-state index < -0.39 is 0 Å². The molecule has 0 aliphatic rings. The third kappa shape index (κ3) is 6.86. The summed E-state index contributed by atoms with van der Waals surface area (Å²) in [6.45, 7) is 1.83. The van der Waals surface area contributed by atoms with Crippen LogP contribution in [0.25, 0.3) is 0 Å². The van der Waals surface area contributed by atoms with Gasteiger partial charge < -0.3 is 5.32 Å². The maximum Gasteiger partial charge on any atom is 0.240 e. The van der Waals surface area contributed by atoms with Crippen LogP contribution in [0.1, 0.15) is 30.4 Å². The van der Waals surface area contributed by atoms with Crippen LogP contribution in [-0.4, -0.2) is 18.0 Å². The van der Waals surface area contributed by atoms with Crippen LogP contribution < -0.4 is 10.7 Å². The van der Waals surface area contributed by atoms with E-state index in [1.807, 2.05) is 6.92 Å². The van der Waals surface area contributed by atoms with Gasteiger partial charge in [-0.05, 0) is 48.7 Å². The van der Waals surface area contributed by atoms with Gasteiger partial charge in [-0.15, -0.1) is 0 Å². The van der Waals surface area contributed by atoms with E-state index in [9.17, 15) is 9.59 Å². The number of carbonyl (C=O) groups is 2. The molecule has 2 aromatic rings. The lowest BCUT2D eigenvalue weighted by atomic mass is 10.2. The molecule has 0 atom stereocenters. The second kappa shape index (κ2) is 10.3. The molecule has 2 amide bonds. The quantitative estimate of drug-likeness (QED) is 0.471. The summed E-state index contributed by atoms with van der Waals surface area (Å²) in [5.41, 5.74) is 4.60. The number of nitrogens with zero attached hydrogens (tertiary/aromatic N) is 1. The fraction of sp³-hybridized carbons (Fsp3) is 0.211. The van der Waals surface area contributed by atoms with Crippen LogP contribution in [0.3, 0.4) is 0 Å². The Hall–Kier alpha value is -2.08. The molecule has 0 unspecified atom stereocenters. The first kappa shape index (κ1) is 21.2. The number of benzene rings is 2. The summed E-state index contributed by atoms with van der Waals surface area (Å²) >= 11 is 17.8. The van der Waals surface area contributed by atoms with E-state index in [0.717, 1.165) is 5.56 Å². The minimum atomic E-state index is -0.280. The molecule has 0 fully saturated rings. The first-order valence-corrected chi connectivity index (χ1v) is 9.32. The van der Waals surface area contributed by atoms with E-state index in [1.165, 1.54) is 6.21 Å². The summed E-state index contributed by atoms with van der Waals surface area (Å²) in [4.78, 5) is 23.7. The van der Waals surface area contributed by atoms with Crippen molar-refractivity contribution in [1.29, 1.82) is 0 Å². The highest BCUT2D eigenvalue weighted by atomic mass is 35.5. The summed E-state index contributed by atoms with van der Waals surface area (Å²) in [5, 5.41) is 8.10. The van der Waals surface area contributed by atoms with E-state index in [-0.39, 0.29) is 24.7 Å². The van der Waals surface area contributed by atoms with Crippen molar-refractivity contribution in [3.63, 3.8) is 0 Å². The summed E-state index contributed by atoms with van der Waals surface area (Å²) in [7, 11) is 0. The number of hydrogen-bond acceptors (Lipinski definition) is 3. The van der Waals surface area contributed by atoms with E-state index >= 15 is 0 Å². The molecule has 0 aliphatic carbocycles. The Morgan fingerprint density at radius 1 is 1.00 bits per heavy atom. The molecule has 2 N–H and O–H groups in total. The molecule has 2 aromatic carbocycles. The van der Waals surface area contributed by atoms with E-state index in [4.69, 9.17) is 34.8 Å². The SMILES string of the molecule is Cc1c(Cl)cccc1NC(=O)CCCC(=O)N/N=C\c1ccc(Cl)c(Cl)c1. The summed E-state index contributed by atoms with van der Waals surface area (Å²) in [6, 6.07) is 10.3. The van der Waals surface area contributed by atoms with Crippen molar-refractivity contribution in [1.82, 2.24) is 5.43 Å². The fourth-order valence-electron chi connectivity index (χ4n) is 2.19. The van der Waals surface area contributed by atoms with Crippen LogP contribution in [0, 0.1) is 6.92 Å². The maximum atomic E-state index is 12.0. The van der Waals surface area contributed by atoms with Gasteiger partial charge in [-0.25, -0.2) is 5.43 Å². The predicted octanol–water partition coefficient (Wildman–Crippen LogP) is 5.21. The van der Waals surface area contributed by atoms with Gasteiger partial charge in [0.2, 0.25) is 11.8 Å². The monoisotopic (exact) mass is 425 g/mol. The number of carbonyl (C=O) groups excluding carboxylic acids is 2. The van der Waals surface area contributed by atoms with E-state index in [0.29, 0.717) is 32.7 Å². The Morgan fingerprint density at radius 2 is 1.74 bits per heavy atom. The van der Waals surface area contributed by atoms with Crippen LogP contribution in [0.2, 0.25) is 15.1 Å². The number of anilines is 1. The highest BCUT2D eigenvalue weighted by Crippen LogP contribution is 2.23. The lowest BCUT2D eigenvalue weighted by Crippen LogP contribution is -2.18. The van der Waals surface area contributed by atoms with Gasteiger partial charge in [0.15, 0.2) is 0 Å². The van der Waals surface area contributed by atoms with Gasteiger partial charge in [-0.1, -0.05) is 46.9 Å². The van der Waals surface area contributed by atoms with Gasteiger partial charge in [0, 0.05) is 23.6 Å². The van der Waals surface area contributed by atoms with Gasteiger partial charge >= 0.3 is 0 Å². The Morgan fingerprint density at radius 3 is 2.48 bits per heavy atom. The number of rotatable bonds is 7. The third-order valence-electron chi connectivity index (χ3n) is 3.70. The normalized spacial score (nSPS) is 10.8. The van der Waals surface area contributed by atoms with Crippen molar-refractivity contribution in [3.05, 3.63) is 62.6 Å². The number of halogens is 3. The van der Waals surface area contributed by atoms with Gasteiger partial charge in [-0.3, -0.25) is 9.59 Å². The average molecular weight is 427 g/mol. The summed E-state index contributed by atoms with van der Waals surface area (Å²) in [5.74, 6) is -0.453. The molecule has 0 heterocycles. The Labute approximate surface area is 172 Å². The van der Waals surface area contributed by atoms with Crippen molar-refractivity contribution in [2.75, 3.05) is 5.32 Å². The largest absolute Gasteiger partial charge is 0.326 e. The molecule has 0 radical (unpaired) electrons. The van der Waals surface area contributed by atoms with Crippen molar-refractivity contribution >= 4 is 58.5 Å². The Bertz CT molecular complexity index is 869. The number of nitrogens with one attached hydrogen (secondary N) is 2. The first-order chi connectivity index (χ1) is 12.9. The standard InChI is InChI=1S/C19H18Cl3N3O2/c1-12-14(20)4-2-5-17(12)24-18(26)6-3-7-19(27)25-23-11-13-8-9-15(21)16(22)10-13/h2,4-5,8-11H,3,6-7H2,1H3,(H,24,26)(H,25,27)/b23-11-. The predicted molar refractivity (Wildman–Crippen MR) is 111 cm³/mol. The first-order valence-electron chi connectivity index (χ1n) is 8.18. The van der Waals surface area contributed by atoms with Crippen molar-refractivity contribution in [2.45, 2.75) is 26.2 Å². The molecule has 27 heavy (non-hydrogen) atoms. The Balaban J connectivity index is 1.72. The average Bonchev–Trinajstić information content (AvgIpc) is 2.62. The third-order valence-corrected chi connectivity index (χ3v) is 4.84. The molecule has 0 saturated carbocycles. The minimum absolute atomic E-state index is 0.174. The van der Waals surface area contributed by atoms with Gasteiger partial charge in [0.25, 0.3) is 0 Å². The molecule has 0 bridgehead atoms. The highest BCUT2D eigenvalue weighted by Gasteiger charge is 2.08. The summed E-state index contributed by atoms with van der Waals surface area (Å²) < 4.78 is 0. The second-order valence-corrected chi connectivity index (χ2v) is 7.00. The molecular formula is C19H18Cl3N3O2. The van der Waals surface area contributed by atoms with Crippen molar-refractivity contribution in [3.8, 4) is 0 Å². The molecular weight excluding hydrogens is 409 g/mol. The zero-order valence-corrected chi connectivity index (χ0v) is 16.8. The topological polar surface area (TPSA) is 70.6 Å². The number of hydrazone groups is 1. The highest BCUT2D eigenvalue weighted by molar-refractivity contribution is 6.42. The molecule has 0 aliphatic heterocycles. The van der Waals surface area contributed by atoms with Crippen LogP contribution in [0.5, 0.6) is 0 Å². The van der Waals surface area contributed by atoms with E-state index in [2.05, 4.69) is 15.8 Å². The number of hydrogen-bond donors (Lipinski definition) is 2. The van der Waals surface area contributed by atoms with E-state index in [1.54, 1.807) is 36.4 Å². The molecule has 0 spiro atoms. The maximum absolute atomic E-state index is 12.0. The number of amides is 2. The van der Waals surface area contributed by atoms with Gasteiger partial charge in [0.1, 0.15) is 0 Å². The zero-order valence-electron chi connectivity index (χ0n) is 14.6. The van der Waals surface area contributed by atoms with Crippen molar-refractivity contribution < 1.29 is 9.59 Å². The molecule has 5 nitrogen and oxygen atoms in total. The fourth-order valence-corrected chi connectivity index (χ4v) is 2.67. The minimum Gasteiger partial charge on any atom is -0.326 e. The lowest BCUT2D eigenvalue weighted by Gasteiger charge is -2.09. The van der Waals surface area contributed by atoms with Crippen molar-refractivity contribution in [2.24, 2.45) is 5.10 Å². The molecule has 0 saturated heterocycles. The van der Waals surface area contributed by atoms with Crippen LogP contribution in [0.4, 0.5) is 5.69 Å². The van der Waals surface area contributed by atoms with Gasteiger partial charge in [-0.2, -0.15) is 5.10 Å². The summed E-state index contributed by atoms with van der Waals surface area (Å²) in [6.07, 6.45) is 2.27. The lowest BCUT2D eigenvalue weighted by molar-refractivity contribution is -0.121. The molecule has 142 valence electrons. The van der Waals surface area contributed by atoms with Crippen LogP contribution >= 0.6 is 34.8 Å². The Kier molecular flexibility index (Phi) is 8.10. The molecule has 0 aromatic heterocycles. The molecule has 8 heteroatoms. The van der Waals surface area contributed by atoms with Crippen LogP contribution in [0.15, 0.2) is 41.5 Å². The zero-order chi connectivity index (χ0) is 19.8. The van der Waals surface area contributed by atoms with Crippen LogP contribution in [-0.2, 0) is 9.59 Å². The molecule has 2 rings (SSSR count). The van der Waals surface area contributed by atoms with Gasteiger partial charge in [0.05, 0.1) is 16.3 Å². The second-order valence-electron chi connectivity index (χ2n) is 5.78.